The minimum Gasteiger partial charge on any atom is -0.481 e. The Labute approximate surface area is 150 Å². The molecule has 3 aromatic rings. The average Bonchev–Trinajstić information content (AvgIpc) is 3.08. The molecule has 0 unspecified atom stereocenters. The summed E-state index contributed by atoms with van der Waals surface area (Å²) in [6.45, 7) is 3.57. The minimum atomic E-state index is -3.56. The van der Waals surface area contributed by atoms with Crippen LogP contribution in [0.5, 0.6) is 5.75 Å². The monoisotopic (exact) mass is 373 g/mol. The first-order chi connectivity index (χ1) is 12.2. The Morgan fingerprint density at radius 3 is 2.50 bits per heavy atom. The number of halogens is 1. The Morgan fingerprint density at radius 2 is 1.85 bits per heavy atom. The Bertz CT molecular complexity index is 1120. The summed E-state index contributed by atoms with van der Waals surface area (Å²) in [6.07, 6.45) is 5.95. The third kappa shape index (κ3) is 2.57. The van der Waals surface area contributed by atoms with Crippen LogP contribution in [0.15, 0.2) is 48.0 Å². The zero-order valence-corrected chi connectivity index (χ0v) is 15.2. The minimum absolute atomic E-state index is 0.277. The number of rotatable bonds is 2. The molecule has 0 N–H and O–H groups in total. The van der Waals surface area contributed by atoms with Gasteiger partial charge in [0.2, 0.25) is 15.0 Å². The Balaban J connectivity index is 1.95. The lowest BCUT2D eigenvalue weighted by atomic mass is 9.91. The highest BCUT2D eigenvalue weighted by molar-refractivity contribution is 7.90. The lowest BCUT2D eigenvalue weighted by Gasteiger charge is -2.34. The molecule has 4 rings (SSSR count). The van der Waals surface area contributed by atoms with Crippen LogP contribution in [0.2, 0.25) is 0 Å². The van der Waals surface area contributed by atoms with E-state index >= 15 is 0 Å². The molecular weight excluding hydrogens is 357 g/mol. The van der Waals surface area contributed by atoms with Crippen LogP contribution >= 0.6 is 0 Å². The molecule has 0 aliphatic carbocycles. The molecule has 8 heteroatoms. The van der Waals surface area contributed by atoms with Crippen LogP contribution in [-0.4, -0.2) is 29.2 Å². The number of aromatic nitrogens is 3. The van der Waals surface area contributed by atoms with E-state index in [-0.39, 0.29) is 5.16 Å². The zero-order valence-electron chi connectivity index (χ0n) is 14.4. The Hall–Kier alpha value is -2.74. The van der Waals surface area contributed by atoms with E-state index in [0.29, 0.717) is 28.3 Å². The lowest BCUT2D eigenvalue weighted by molar-refractivity contribution is 0.0993. The molecule has 26 heavy (non-hydrogen) atoms. The van der Waals surface area contributed by atoms with Crippen LogP contribution in [-0.2, 0) is 15.4 Å². The normalized spacial score (nSPS) is 15.1. The summed E-state index contributed by atoms with van der Waals surface area (Å²) in [5, 5.41) is -0.277. The summed E-state index contributed by atoms with van der Waals surface area (Å²) in [7, 11) is -3.56. The number of nitrogens with zero attached hydrogens (tertiary/aromatic N) is 3. The Kier molecular flexibility index (Phi) is 3.46. The van der Waals surface area contributed by atoms with Crippen molar-refractivity contribution in [1.29, 1.82) is 0 Å². The number of sulfone groups is 1. The van der Waals surface area contributed by atoms with E-state index in [1.54, 1.807) is 49.0 Å². The first-order valence-electron chi connectivity index (χ1n) is 7.91. The molecule has 0 bridgehead atoms. The second kappa shape index (κ2) is 5.38. The largest absolute Gasteiger partial charge is 0.481 e. The summed E-state index contributed by atoms with van der Waals surface area (Å²) in [6, 6.07) is 6.60. The second-order valence-corrected chi connectivity index (χ2v) is 8.60. The summed E-state index contributed by atoms with van der Waals surface area (Å²) in [5.74, 6) is 0.0599. The fraction of sp³-hybridized carbons (Fsp3) is 0.222. The van der Waals surface area contributed by atoms with E-state index in [1.165, 1.54) is 12.3 Å². The standard InChI is InChI=1S/C18H16FN3O3S/c1-18(2)16-12(10-20-17(21-16)26(3,23)24)11-8-13(19)14(9-15(11)25-18)22-6-4-5-7-22/h4-10H,1-3H3. The molecule has 0 atom stereocenters. The SMILES string of the molecule is CC1(C)Oc2cc(-n3cccc3)c(F)cc2-c2cnc(S(C)(=O)=O)nc21. The van der Waals surface area contributed by atoms with Crippen LogP contribution in [0.4, 0.5) is 4.39 Å². The number of ether oxygens (including phenoxy) is 1. The topological polar surface area (TPSA) is 74.1 Å². The van der Waals surface area contributed by atoms with E-state index in [0.717, 1.165) is 6.26 Å². The summed E-state index contributed by atoms with van der Waals surface area (Å²) >= 11 is 0. The average molecular weight is 373 g/mol. The van der Waals surface area contributed by atoms with Crippen molar-refractivity contribution in [1.82, 2.24) is 14.5 Å². The highest BCUT2D eigenvalue weighted by Crippen LogP contribution is 2.45. The lowest BCUT2D eigenvalue weighted by Crippen LogP contribution is -2.31. The molecule has 0 spiro atoms. The quantitative estimate of drug-likeness (QED) is 0.646. The number of hydrogen-bond acceptors (Lipinski definition) is 5. The highest BCUT2D eigenvalue weighted by Gasteiger charge is 2.36. The fourth-order valence-corrected chi connectivity index (χ4v) is 3.56. The van der Waals surface area contributed by atoms with Crippen molar-refractivity contribution in [3.05, 3.63) is 54.4 Å². The van der Waals surface area contributed by atoms with E-state index in [4.69, 9.17) is 4.74 Å². The number of fused-ring (bicyclic) bond motifs is 3. The maximum absolute atomic E-state index is 14.7. The highest BCUT2D eigenvalue weighted by atomic mass is 32.2. The molecule has 2 aromatic heterocycles. The predicted molar refractivity (Wildman–Crippen MR) is 93.5 cm³/mol. The van der Waals surface area contributed by atoms with Gasteiger partial charge in [-0.05, 0) is 32.0 Å². The summed E-state index contributed by atoms with van der Waals surface area (Å²) in [4.78, 5) is 8.13. The van der Waals surface area contributed by atoms with Crippen molar-refractivity contribution in [3.63, 3.8) is 0 Å². The van der Waals surface area contributed by atoms with Gasteiger partial charge >= 0.3 is 0 Å². The summed E-state index contributed by atoms with van der Waals surface area (Å²) < 4.78 is 45.9. The molecular formula is C18H16FN3O3S. The molecule has 3 heterocycles. The van der Waals surface area contributed by atoms with Crippen LogP contribution in [0, 0.1) is 5.82 Å². The second-order valence-electron chi connectivity index (χ2n) is 6.69. The van der Waals surface area contributed by atoms with Gasteiger partial charge in [-0.15, -0.1) is 0 Å². The van der Waals surface area contributed by atoms with Crippen LogP contribution < -0.4 is 4.74 Å². The number of hydrogen-bond donors (Lipinski definition) is 0. The molecule has 0 saturated carbocycles. The summed E-state index contributed by atoms with van der Waals surface area (Å²) in [5.41, 5.74) is 0.931. The molecule has 0 fully saturated rings. The molecule has 134 valence electrons. The van der Waals surface area contributed by atoms with Crippen LogP contribution in [0.3, 0.4) is 0 Å². The maximum atomic E-state index is 14.7. The van der Waals surface area contributed by atoms with Gasteiger partial charge in [-0.25, -0.2) is 22.8 Å². The van der Waals surface area contributed by atoms with Gasteiger partial charge in [0.25, 0.3) is 0 Å². The van der Waals surface area contributed by atoms with Gasteiger partial charge in [-0.2, -0.15) is 0 Å². The third-order valence-corrected chi connectivity index (χ3v) is 5.12. The van der Waals surface area contributed by atoms with Gasteiger partial charge < -0.3 is 9.30 Å². The van der Waals surface area contributed by atoms with Crippen LogP contribution in [0.25, 0.3) is 16.8 Å². The molecule has 0 saturated heterocycles. The van der Waals surface area contributed by atoms with Gasteiger partial charge in [0.15, 0.2) is 0 Å². The zero-order chi connectivity index (χ0) is 18.7. The molecule has 0 amide bonds. The third-order valence-electron chi connectivity index (χ3n) is 4.26. The van der Waals surface area contributed by atoms with E-state index in [1.807, 2.05) is 0 Å². The van der Waals surface area contributed by atoms with Crippen LogP contribution in [0.1, 0.15) is 19.5 Å². The molecule has 6 nitrogen and oxygen atoms in total. The fourth-order valence-electron chi connectivity index (χ4n) is 3.05. The first kappa shape index (κ1) is 16.7. The number of benzene rings is 1. The van der Waals surface area contributed by atoms with Crippen molar-refractivity contribution in [2.75, 3.05) is 6.26 Å². The smallest absolute Gasteiger partial charge is 0.247 e. The first-order valence-corrected chi connectivity index (χ1v) is 9.80. The van der Waals surface area contributed by atoms with Crippen molar-refractivity contribution in [2.24, 2.45) is 0 Å². The van der Waals surface area contributed by atoms with Gasteiger partial charge in [-0.3, -0.25) is 0 Å². The van der Waals surface area contributed by atoms with Crippen molar-refractivity contribution in [3.8, 4) is 22.6 Å². The Morgan fingerprint density at radius 1 is 1.15 bits per heavy atom. The van der Waals surface area contributed by atoms with Crippen molar-refractivity contribution < 1.29 is 17.5 Å². The van der Waals surface area contributed by atoms with Gasteiger partial charge in [0.05, 0.1) is 11.4 Å². The van der Waals surface area contributed by atoms with Gasteiger partial charge in [-0.1, -0.05) is 0 Å². The van der Waals surface area contributed by atoms with E-state index in [9.17, 15) is 12.8 Å². The van der Waals surface area contributed by atoms with Gasteiger partial charge in [0, 0.05) is 42.0 Å². The van der Waals surface area contributed by atoms with E-state index < -0.39 is 21.3 Å². The molecule has 1 aromatic carbocycles. The maximum Gasteiger partial charge on any atom is 0.247 e. The molecule has 0 radical (unpaired) electrons. The van der Waals surface area contributed by atoms with E-state index in [2.05, 4.69) is 9.97 Å². The molecule has 1 aliphatic rings. The molecule has 1 aliphatic heterocycles. The van der Waals surface area contributed by atoms with Crippen molar-refractivity contribution >= 4 is 9.84 Å². The van der Waals surface area contributed by atoms with Crippen molar-refractivity contribution in [2.45, 2.75) is 24.6 Å². The van der Waals surface area contributed by atoms with Gasteiger partial charge in [0.1, 0.15) is 17.2 Å². The predicted octanol–water partition coefficient (Wildman–Crippen LogP) is 3.10.